The number of nitrogens with zero attached hydrogens (tertiary/aromatic N) is 2. The van der Waals surface area contributed by atoms with Gasteiger partial charge in [-0.1, -0.05) is 48.0 Å². The van der Waals surface area contributed by atoms with Gasteiger partial charge in [0.25, 0.3) is 0 Å². The van der Waals surface area contributed by atoms with Crippen LogP contribution in [0.15, 0.2) is 54.1 Å². The molecule has 7 nitrogen and oxygen atoms in total. The minimum Gasteiger partial charge on any atom is -0.466 e. The van der Waals surface area contributed by atoms with Crippen molar-refractivity contribution >= 4 is 35.0 Å². The van der Waals surface area contributed by atoms with E-state index in [0.29, 0.717) is 54.9 Å². The fourth-order valence-corrected chi connectivity index (χ4v) is 6.16. The zero-order valence-electron chi connectivity index (χ0n) is 21.1. The van der Waals surface area contributed by atoms with Crippen molar-refractivity contribution in [1.82, 2.24) is 9.80 Å². The van der Waals surface area contributed by atoms with Crippen LogP contribution in [0.5, 0.6) is 0 Å². The third-order valence-corrected chi connectivity index (χ3v) is 8.36. The third kappa shape index (κ3) is 4.66. The molecule has 0 spiro atoms. The highest BCUT2D eigenvalue weighted by Crippen LogP contribution is 2.44. The number of hydrogen-bond donors (Lipinski definition) is 1. The van der Waals surface area contributed by atoms with Crippen LogP contribution in [-0.2, 0) is 15.1 Å². The van der Waals surface area contributed by atoms with Gasteiger partial charge < -0.3 is 19.6 Å². The second-order valence-corrected chi connectivity index (χ2v) is 10.6. The SMILES string of the molecule is COC(=O)C1=C(c2ccc(C(C)=O)cc2)C[C@H]2CC[C@@H]1N2C(=O)N1CCC(O)(c2ccc(Cl)cc2)CC1. The summed E-state index contributed by atoms with van der Waals surface area (Å²) in [6.45, 7) is 2.37. The molecule has 2 bridgehead atoms. The van der Waals surface area contributed by atoms with E-state index in [4.69, 9.17) is 16.3 Å². The average Bonchev–Trinajstić information content (AvgIpc) is 3.21. The molecule has 2 saturated heterocycles. The number of hydrogen-bond acceptors (Lipinski definition) is 5. The Balaban J connectivity index is 1.38. The van der Waals surface area contributed by atoms with E-state index in [0.717, 1.165) is 23.1 Å². The summed E-state index contributed by atoms with van der Waals surface area (Å²) in [4.78, 5) is 42.1. The molecule has 5 rings (SSSR count). The van der Waals surface area contributed by atoms with Gasteiger partial charge in [-0.3, -0.25) is 4.79 Å². The molecule has 0 aromatic heterocycles. The number of methoxy groups -OCH3 is 1. The lowest BCUT2D eigenvalue weighted by molar-refractivity contribution is -0.136. The van der Waals surface area contributed by atoms with Gasteiger partial charge in [0.1, 0.15) is 0 Å². The highest BCUT2D eigenvalue weighted by molar-refractivity contribution is 6.30. The number of esters is 1. The number of urea groups is 1. The normalized spacial score (nSPS) is 22.7. The summed E-state index contributed by atoms with van der Waals surface area (Å²) in [5, 5.41) is 11.9. The van der Waals surface area contributed by atoms with Gasteiger partial charge in [0.15, 0.2) is 5.78 Å². The van der Waals surface area contributed by atoms with Gasteiger partial charge in [-0.2, -0.15) is 0 Å². The number of rotatable bonds is 4. The molecule has 2 atom stereocenters. The van der Waals surface area contributed by atoms with Crippen LogP contribution in [-0.4, -0.2) is 65.0 Å². The molecule has 2 fully saturated rings. The summed E-state index contributed by atoms with van der Waals surface area (Å²) in [6.07, 6.45) is 2.90. The van der Waals surface area contributed by atoms with Crippen LogP contribution in [0.25, 0.3) is 5.57 Å². The fourth-order valence-electron chi connectivity index (χ4n) is 6.03. The topological polar surface area (TPSA) is 87.2 Å². The number of Topliss-reactive ketones (excluding diaryl/α,β-unsaturated/α-hetero) is 1. The Morgan fingerprint density at radius 2 is 1.65 bits per heavy atom. The van der Waals surface area contributed by atoms with Crippen molar-refractivity contribution in [3.63, 3.8) is 0 Å². The number of carbonyl (C=O) groups excluding carboxylic acids is 3. The maximum atomic E-state index is 13.8. The first-order valence-electron chi connectivity index (χ1n) is 12.7. The number of amides is 2. The highest BCUT2D eigenvalue weighted by atomic mass is 35.5. The van der Waals surface area contributed by atoms with Gasteiger partial charge in [0.2, 0.25) is 0 Å². The van der Waals surface area contributed by atoms with Crippen LogP contribution in [0.4, 0.5) is 4.79 Å². The number of aliphatic hydroxyl groups is 1. The van der Waals surface area contributed by atoms with E-state index in [-0.39, 0.29) is 23.9 Å². The third-order valence-electron chi connectivity index (χ3n) is 8.11. The molecule has 194 valence electrons. The van der Waals surface area contributed by atoms with Crippen molar-refractivity contribution in [3.05, 3.63) is 75.8 Å². The van der Waals surface area contributed by atoms with E-state index < -0.39 is 11.6 Å². The molecule has 0 saturated carbocycles. The standard InChI is InChI=1S/C29H31ClN2O5/c1-18(33)19-3-5-20(6-4-19)24-17-23-11-12-25(26(24)27(34)37-2)32(23)28(35)31-15-13-29(36,14-16-31)21-7-9-22(30)10-8-21/h3-10,23,25,36H,11-17H2,1-2H3/t23-,25+/m1/s1. The number of likely N-dealkylation sites (tertiary alicyclic amines) is 1. The predicted octanol–water partition coefficient (Wildman–Crippen LogP) is 4.81. The lowest BCUT2D eigenvalue weighted by atomic mass is 9.84. The first-order valence-corrected chi connectivity index (χ1v) is 13.1. The van der Waals surface area contributed by atoms with Crippen molar-refractivity contribution in [2.24, 2.45) is 0 Å². The molecular formula is C29H31ClN2O5. The Labute approximate surface area is 221 Å². The molecule has 3 aliphatic rings. The number of benzene rings is 2. The number of fused-ring (bicyclic) bond motifs is 2. The van der Waals surface area contributed by atoms with E-state index in [1.165, 1.54) is 14.0 Å². The number of piperidine rings is 1. The van der Waals surface area contributed by atoms with E-state index in [9.17, 15) is 19.5 Å². The van der Waals surface area contributed by atoms with Crippen LogP contribution in [0, 0.1) is 0 Å². The molecule has 2 aromatic rings. The van der Waals surface area contributed by atoms with Gasteiger partial charge >= 0.3 is 12.0 Å². The van der Waals surface area contributed by atoms with Gasteiger partial charge in [0, 0.05) is 29.7 Å². The van der Waals surface area contributed by atoms with Crippen LogP contribution < -0.4 is 0 Å². The monoisotopic (exact) mass is 522 g/mol. The minimum absolute atomic E-state index is 0.0151. The van der Waals surface area contributed by atoms with E-state index in [1.54, 1.807) is 29.2 Å². The van der Waals surface area contributed by atoms with Gasteiger partial charge in [0.05, 0.1) is 24.3 Å². The molecule has 8 heteroatoms. The van der Waals surface area contributed by atoms with Crippen molar-refractivity contribution < 1.29 is 24.2 Å². The largest absolute Gasteiger partial charge is 0.466 e. The van der Waals surface area contributed by atoms with Crippen molar-refractivity contribution in [1.29, 1.82) is 0 Å². The van der Waals surface area contributed by atoms with Gasteiger partial charge in [-0.15, -0.1) is 0 Å². The molecule has 2 amide bonds. The molecule has 37 heavy (non-hydrogen) atoms. The number of carbonyl (C=O) groups is 3. The lowest BCUT2D eigenvalue weighted by Crippen LogP contribution is -2.55. The molecule has 2 aromatic carbocycles. The zero-order valence-corrected chi connectivity index (χ0v) is 21.8. The molecule has 1 N–H and O–H groups in total. The molecule has 0 unspecified atom stereocenters. The van der Waals surface area contributed by atoms with Gasteiger partial charge in [-0.05, 0) is 67.9 Å². The number of ether oxygens (including phenoxy) is 1. The van der Waals surface area contributed by atoms with Crippen molar-refractivity contribution in [2.45, 2.75) is 56.7 Å². The number of halogens is 1. The molecular weight excluding hydrogens is 492 g/mol. The number of ketones is 1. The Kier molecular flexibility index (Phi) is 6.86. The molecule has 0 aliphatic carbocycles. The Hall–Kier alpha value is -3.16. The molecule has 0 radical (unpaired) electrons. The van der Waals surface area contributed by atoms with Crippen molar-refractivity contribution in [3.8, 4) is 0 Å². The summed E-state index contributed by atoms with van der Waals surface area (Å²) in [6, 6.07) is 14.0. The summed E-state index contributed by atoms with van der Waals surface area (Å²) >= 11 is 6.00. The first-order chi connectivity index (χ1) is 17.7. The summed E-state index contributed by atoms with van der Waals surface area (Å²) in [5.74, 6) is -0.441. The fraction of sp³-hybridized carbons (Fsp3) is 0.414. The predicted molar refractivity (Wildman–Crippen MR) is 140 cm³/mol. The quantitative estimate of drug-likeness (QED) is 0.460. The van der Waals surface area contributed by atoms with E-state index in [2.05, 4.69) is 0 Å². The Morgan fingerprint density at radius 3 is 2.24 bits per heavy atom. The highest BCUT2D eigenvalue weighted by Gasteiger charge is 2.48. The Morgan fingerprint density at radius 1 is 1.00 bits per heavy atom. The summed E-state index contributed by atoms with van der Waals surface area (Å²) in [7, 11) is 1.36. The van der Waals surface area contributed by atoms with Crippen LogP contribution in [0.3, 0.4) is 0 Å². The second kappa shape index (κ2) is 9.95. The van der Waals surface area contributed by atoms with Crippen LogP contribution >= 0.6 is 11.6 Å². The van der Waals surface area contributed by atoms with Crippen molar-refractivity contribution in [2.75, 3.05) is 20.2 Å². The summed E-state index contributed by atoms with van der Waals surface area (Å²) in [5.41, 5.74) is 2.70. The van der Waals surface area contributed by atoms with Gasteiger partial charge in [-0.25, -0.2) is 9.59 Å². The zero-order chi connectivity index (χ0) is 26.3. The maximum absolute atomic E-state index is 13.8. The lowest BCUT2D eigenvalue weighted by Gasteiger charge is -2.44. The second-order valence-electron chi connectivity index (χ2n) is 10.2. The van der Waals surface area contributed by atoms with E-state index in [1.807, 2.05) is 29.2 Å². The summed E-state index contributed by atoms with van der Waals surface area (Å²) < 4.78 is 5.17. The van der Waals surface area contributed by atoms with Crippen LogP contribution in [0.2, 0.25) is 5.02 Å². The van der Waals surface area contributed by atoms with Crippen LogP contribution in [0.1, 0.15) is 60.5 Å². The molecule has 3 aliphatic heterocycles. The van der Waals surface area contributed by atoms with E-state index >= 15 is 0 Å². The molecule has 3 heterocycles. The average molecular weight is 523 g/mol. The maximum Gasteiger partial charge on any atom is 0.336 e. The minimum atomic E-state index is -1.00. The first kappa shape index (κ1) is 25.5. The smallest absolute Gasteiger partial charge is 0.336 e. The Bertz CT molecular complexity index is 1250.